The van der Waals surface area contributed by atoms with E-state index in [2.05, 4.69) is 119 Å². The molecule has 5 aromatic carbocycles. The predicted molar refractivity (Wildman–Crippen MR) is 165 cm³/mol. The lowest BCUT2D eigenvalue weighted by atomic mass is 9.71. The number of thiophene rings is 1. The Morgan fingerprint density at radius 2 is 1.28 bits per heavy atom. The molecule has 3 nitrogen and oxygen atoms in total. The lowest BCUT2D eigenvalue weighted by Crippen LogP contribution is -2.41. The van der Waals surface area contributed by atoms with Crippen LogP contribution in [-0.4, -0.2) is 18.3 Å². The quantitative estimate of drug-likeness (QED) is 0.211. The molecule has 0 bridgehead atoms. The van der Waals surface area contributed by atoms with Crippen LogP contribution in [0.3, 0.4) is 0 Å². The molecule has 7 aromatic rings. The van der Waals surface area contributed by atoms with Gasteiger partial charge in [0, 0.05) is 36.4 Å². The minimum atomic E-state index is -0.541. The van der Waals surface area contributed by atoms with Crippen LogP contribution in [0.25, 0.3) is 64.0 Å². The minimum Gasteiger partial charge on any atom is -0.456 e. The third-order valence-electron chi connectivity index (χ3n) is 8.73. The van der Waals surface area contributed by atoms with Crippen molar-refractivity contribution in [2.75, 3.05) is 0 Å². The van der Waals surface area contributed by atoms with Gasteiger partial charge in [0.05, 0.1) is 11.2 Å². The van der Waals surface area contributed by atoms with E-state index in [-0.39, 0.29) is 0 Å². The van der Waals surface area contributed by atoms with Crippen LogP contribution in [0.15, 0.2) is 95.4 Å². The molecule has 1 aliphatic heterocycles. The second-order valence-corrected chi connectivity index (χ2v) is 12.6. The van der Waals surface area contributed by atoms with E-state index in [9.17, 15) is 0 Å². The highest BCUT2D eigenvalue weighted by molar-refractivity contribution is 7.25. The Hall–Kier alpha value is -3.64. The van der Waals surface area contributed by atoms with Crippen LogP contribution in [0.2, 0.25) is 0 Å². The average molecular weight is 526 g/mol. The molecule has 0 atom stereocenters. The smallest absolute Gasteiger partial charge is 0.456 e. The molecule has 0 saturated carbocycles. The zero-order valence-electron chi connectivity index (χ0n) is 22.4. The van der Waals surface area contributed by atoms with Crippen LogP contribution >= 0.6 is 11.3 Å². The van der Waals surface area contributed by atoms with Gasteiger partial charge in [0.2, 0.25) is 0 Å². The fraction of sp³-hybridized carbons (Fsp3) is 0.176. The van der Waals surface area contributed by atoms with Crippen molar-refractivity contribution in [3.05, 3.63) is 91.0 Å². The van der Waals surface area contributed by atoms with Gasteiger partial charge in [-0.2, -0.15) is 0 Å². The maximum atomic E-state index is 6.75. The van der Waals surface area contributed by atoms with Crippen molar-refractivity contribution in [3.63, 3.8) is 0 Å². The summed E-state index contributed by atoms with van der Waals surface area (Å²) in [5.74, 6) is 0. The number of benzene rings is 5. The molecule has 0 amide bonds. The summed E-state index contributed by atoms with van der Waals surface area (Å²) < 4.78 is 22.5. The molecule has 0 radical (unpaired) electrons. The lowest BCUT2D eigenvalue weighted by Gasteiger charge is -2.32. The molecule has 5 heteroatoms. The van der Waals surface area contributed by atoms with Gasteiger partial charge in [0.1, 0.15) is 11.2 Å². The first-order valence-electron chi connectivity index (χ1n) is 13.4. The van der Waals surface area contributed by atoms with Gasteiger partial charge in [-0.15, -0.1) is 11.3 Å². The monoisotopic (exact) mass is 526 g/mol. The topological polar surface area (TPSA) is 31.6 Å². The van der Waals surface area contributed by atoms with Gasteiger partial charge < -0.3 is 13.7 Å². The van der Waals surface area contributed by atoms with Crippen LogP contribution < -0.4 is 5.46 Å². The van der Waals surface area contributed by atoms with Crippen LogP contribution in [0.1, 0.15) is 27.7 Å². The van der Waals surface area contributed by atoms with Crippen molar-refractivity contribution < 1.29 is 13.7 Å². The van der Waals surface area contributed by atoms with Crippen molar-refractivity contribution in [1.29, 1.82) is 0 Å². The molecule has 0 aliphatic carbocycles. The Kier molecular flexibility index (Phi) is 4.74. The summed E-state index contributed by atoms with van der Waals surface area (Å²) in [5, 5.41) is 7.03. The Balaban J connectivity index is 1.51. The molecule has 0 N–H and O–H groups in total. The van der Waals surface area contributed by atoms with Crippen molar-refractivity contribution in [3.8, 4) is 11.1 Å². The van der Waals surface area contributed by atoms with Gasteiger partial charge in [-0.1, -0.05) is 60.7 Å². The summed E-state index contributed by atoms with van der Waals surface area (Å²) in [5.41, 5.74) is 4.11. The van der Waals surface area contributed by atoms with Crippen molar-refractivity contribution in [1.82, 2.24) is 0 Å². The SMILES string of the molecule is CC1(C)OB(c2c(-c3cccc4sc5ccccc5c34)ccc3oc4cc5ccccc5cc4c23)OC1(C)C. The van der Waals surface area contributed by atoms with Gasteiger partial charge in [-0.3, -0.25) is 0 Å². The second-order valence-electron chi connectivity index (χ2n) is 11.6. The van der Waals surface area contributed by atoms with E-state index in [0.29, 0.717) is 0 Å². The van der Waals surface area contributed by atoms with Gasteiger partial charge in [0.25, 0.3) is 0 Å². The molecule has 1 fully saturated rings. The molecular weight excluding hydrogens is 499 g/mol. The first-order chi connectivity index (χ1) is 18.8. The van der Waals surface area contributed by atoms with Gasteiger partial charge >= 0.3 is 7.12 Å². The average Bonchev–Trinajstić information content (AvgIpc) is 3.54. The van der Waals surface area contributed by atoms with Crippen molar-refractivity contribution in [2.45, 2.75) is 38.9 Å². The van der Waals surface area contributed by atoms with E-state index in [1.807, 2.05) is 11.3 Å². The highest BCUT2D eigenvalue weighted by Crippen LogP contribution is 2.43. The number of fused-ring (bicyclic) bond motifs is 7. The fourth-order valence-electron chi connectivity index (χ4n) is 6.02. The molecule has 39 heavy (non-hydrogen) atoms. The minimum absolute atomic E-state index is 0.468. The van der Waals surface area contributed by atoms with E-state index in [1.54, 1.807) is 0 Å². The van der Waals surface area contributed by atoms with Gasteiger partial charge in [0.15, 0.2) is 0 Å². The Labute approximate surface area is 231 Å². The Morgan fingerprint density at radius 3 is 2.08 bits per heavy atom. The number of hydrogen-bond donors (Lipinski definition) is 0. The van der Waals surface area contributed by atoms with E-state index in [0.717, 1.165) is 38.4 Å². The van der Waals surface area contributed by atoms with Crippen LogP contribution in [0, 0.1) is 0 Å². The Morgan fingerprint density at radius 1 is 0.590 bits per heavy atom. The molecule has 190 valence electrons. The van der Waals surface area contributed by atoms with Crippen LogP contribution in [0.5, 0.6) is 0 Å². The van der Waals surface area contributed by atoms with E-state index < -0.39 is 18.3 Å². The number of rotatable bonds is 2. The molecule has 8 rings (SSSR count). The molecule has 3 heterocycles. The molecule has 2 aromatic heterocycles. The van der Waals surface area contributed by atoms with Crippen LogP contribution in [0.4, 0.5) is 0 Å². The van der Waals surface area contributed by atoms with E-state index >= 15 is 0 Å². The fourth-order valence-corrected chi connectivity index (χ4v) is 7.15. The lowest BCUT2D eigenvalue weighted by molar-refractivity contribution is 0.00578. The van der Waals surface area contributed by atoms with Gasteiger partial charge in [-0.05, 0) is 79.9 Å². The van der Waals surface area contributed by atoms with Crippen LogP contribution in [-0.2, 0) is 9.31 Å². The second kappa shape index (κ2) is 7.95. The molecule has 1 saturated heterocycles. The Bertz CT molecular complexity index is 2080. The summed E-state index contributed by atoms with van der Waals surface area (Å²) >= 11 is 1.84. The summed E-state index contributed by atoms with van der Waals surface area (Å²) in [6.07, 6.45) is 0. The van der Waals surface area contributed by atoms with Crippen molar-refractivity contribution in [2.24, 2.45) is 0 Å². The standard InChI is InChI=1S/C34H27BO3S/c1-33(2)34(3,4)38-35(37-33)32-23(22-13-9-15-29-30(22)24-12-7-8-14-28(24)39-29)16-17-26-31(32)25-18-20-10-5-6-11-21(20)19-27(25)36-26/h5-19H,1-4H3. The van der Waals surface area contributed by atoms with E-state index in [4.69, 9.17) is 13.7 Å². The largest absolute Gasteiger partial charge is 0.496 e. The first kappa shape index (κ1) is 23.3. The summed E-state index contributed by atoms with van der Waals surface area (Å²) in [4.78, 5) is 0. The number of furan rings is 1. The molecular formula is C34H27BO3S. The third-order valence-corrected chi connectivity index (χ3v) is 9.86. The highest BCUT2D eigenvalue weighted by Gasteiger charge is 2.53. The summed E-state index contributed by atoms with van der Waals surface area (Å²) in [6, 6.07) is 32.4. The summed E-state index contributed by atoms with van der Waals surface area (Å²) in [6.45, 7) is 8.45. The number of hydrogen-bond acceptors (Lipinski definition) is 4. The van der Waals surface area contributed by atoms with Gasteiger partial charge in [-0.25, -0.2) is 0 Å². The summed E-state index contributed by atoms with van der Waals surface area (Å²) in [7, 11) is -0.541. The molecule has 0 spiro atoms. The zero-order valence-corrected chi connectivity index (χ0v) is 23.2. The maximum Gasteiger partial charge on any atom is 0.496 e. The normalized spacial score (nSPS) is 16.9. The first-order valence-corrected chi connectivity index (χ1v) is 14.3. The third kappa shape index (κ3) is 3.30. The predicted octanol–water partition coefficient (Wildman–Crippen LogP) is 9.07. The molecule has 1 aliphatic rings. The highest BCUT2D eigenvalue weighted by atomic mass is 32.1. The van der Waals surface area contributed by atoms with E-state index in [1.165, 1.54) is 31.1 Å². The molecule has 0 unspecified atom stereocenters. The maximum absolute atomic E-state index is 6.75. The zero-order chi connectivity index (χ0) is 26.5. The van der Waals surface area contributed by atoms with Crippen molar-refractivity contribution >= 4 is 76.8 Å².